The Bertz CT molecular complexity index is 1010. The summed E-state index contributed by atoms with van der Waals surface area (Å²) in [6.45, 7) is 2.77. The molecule has 4 rings (SSSR count). The number of rotatable bonds is 4. The minimum absolute atomic E-state index is 0.00943. The van der Waals surface area contributed by atoms with Gasteiger partial charge in [0.1, 0.15) is 12.4 Å². The maximum atomic E-state index is 13.4. The number of carbonyl (C=O) groups is 1. The van der Waals surface area contributed by atoms with Crippen molar-refractivity contribution in [3.05, 3.63) is 94.0 Å². The number of anilines is 1. The molecule has 0 aromatic heterocycles. The van der Waals surface area contributed by atoms with E-state index in [1.807, 2.05) is 71.6 Å². The lowest BCUT2D eigenvalue weighted by Crippen LogP contribution is -2.35. The summed E-state index contributed by atoms with van der Waals surface area (Å²) >= 11 is 3.54. The number of ether oxygens (including phenoxy) is 1. The molecule has 29 heavy (non-hydrogen) atoms. The van der Waals surface area contributed by atoms with Gasteiger partial charge in [0.2, 0.25) is 0 Å². The quantitative estimate of drug-likeness (QED) is 0.552. The van der Waals surface area contributed by atoms with Crippen LogP contribution in [0.1, 0.15) is 21.5 Å². The van der Waals surface area contributed by atoms with Gasteiger partial charge in [-0.3, -0.25) is 4.79 Å². The number of halogens is 1. The van der Waals surface area contributed by atoms with E-state index in [-0.39, 0.29) is 5.91 Å². The topological polar surface area (TPSA) is 32.8 Å². The van der Waals surface area contributed by atoms with E-state index in [0.717, 1.165) is 28.8 Å². The summed E-state index contributed by atoms with van der Waals surface area (Å²) in [5.41, 5.74) is 3.85. The first-order valence-corrected chi connectivity index (χ1v) is 10.5. The van der Waals surface area contributed by atoms with Gasteiger partial charge in [0.05, 0.1) is 4.47 Å². The van der Waals surface area contributed by atoms with Crippen LogP contribution in [0.4, 0.5) is 5.69 Å². The van der Waals surface area contributed by atoms with Crippen molar-refractivity contribution in [3.8, 4) is 5.75 Å². The summed E-state index contributed by atoms with van der Waals surface area (Å²) in [5.74, 6) is 0.657. The molecule has 0 bridgehead atoms. The maximum absolute atomic E-state index is 13.4. The number of para-hydroxylation sites is 1. The van der Waals surface area contributed by atoms with Gasteiger partial charge in [-0.2, -0.15) is 0 Å². The molecule has 3 aromatic rings. The molecule has 0 aliphatic carbocycles. The summed E-state index contributed by atoms with van der Waals surface area (Å²) in [6.07, 6.45) is 0. The van der Waals surface area contributed by atoms with Crippen molar-refractivity contribution in [1.82, 2.24) is 4.90 Å². The lowest BCUT2D eigenvalue weighted by molar-refractivity contribution is 0.0985. The molecule has 0 unspecified atom stereocenters. The van der Waals surface area contributed by atoms with Gasteiger partial charge in [-0.1, -0.05) is 48.5 Å². The van der Waals surface area contributed by atoms with Crippen LogP contribution in [0.5, 0.6) is 5.75 Å². The van der Waals surface area contributed by atoms with Gasteiger partial charge in [0.25, 0.3) is 5.91 Å². The number of hydrogen-bond acceptors (Lipinski definition) is 3. The average molecular weight is 451 g/mol. The Morgan fingerprint density at radius 3 is 2.59 bits per heavy atom. The highest BCUT2D eigenvalue weighted by molar-refractivity contribution is 9.10. The SMILES string of the molecule is CN1CCN(C(=O)c2ccc(Br)c(OCc3ccccc3)c2)c2ccccc2C1. The summed E-state index contributed by atoms with van der Waals surface area (Å²) in [5, 5.41) is 0. The van der Waals surface area contributed by atoms with Crippen molar-refractivity contribution in [3.63, 3.8) is 0 Å². The highest BCUT2D eigenvalue weighted by Crippen LogP contribution is 2.30. The van der Waals surface area contributed by atoms with Crippen LogP contribution in [-0.4, -0.2) is 30.9 Å². The Morgan fingerprint density at radius 2 is 1.76 bits per heavy atom. The Balaban J connectivity index is 1.59. The molecule has 0 N–H and O–H groups in total. The first kappa shape index (κ1) is 19.7. The fraction of sp³-hybridized carbons (Fsp3) is 0.208. The van der Waals surface area contributed by atoms with Crippen molar-refractivity contribution in [2.45, 2.75) is 13.2 Å². The first-order valence-electron chi connectivity index (χ1n) is 9.66. The number of carbonyl (C=O) groups excluding carboxylic acids is 1. The Kier molecular flexibility index (Phi) is 5.97. The molecule has 0 saturated heterocycles. The third kappa shape index (κ3) is 4.52. The zero-order valence-corrected chi connectivity index (χ0v) is 17.9. The van der Waals surface area contributed by atoms with Crippen molar-refractivity contribution in [2.24, 2.45) is 0 Å². The second kappa shape index (κ2) is 8.80. The third-order valence-corrected chi connectivity index (χ3v) is 5.74. The summed E-state index contributed by atoms with van der Waals surface area (Å²) in [6, 6.07) is 23.7. The predicted molar refractivity (Wildman–Crippen MR) is 119 cm³/mol. The van der Waals surface area contributed by atoms with Gasteiger partial charge in [0, 0.05) is 30.9 Å². The zero-order chi connectivity index (χ0) is 20.2. The number of likely N-dealkylation sites (N-methyl/N-ethyl adjacent to an activating group) is 1. The van der Waals surface area contributed by atoms with Crippen LogP contribution >= 0.6 is 15.9 Å². The summed E-state index contributed by atoms with van der Waals surface area (Å²) in [7, 11) is 2.08. The predicted octanol–water partition coefficient (Wildman–Crippen LogP) is 5.12. The molecule has 5 heteroatoms. The standard InChI is InChI=1S/C24H23BrN2O2/c1-26-13-14-27(22-10-6-5-9-20(22)16-26)24(28)19-11-12-21(25)23(15-19)29-17-18-7-3-2-4-8-18/h2-12,15H,13-14,16-17H2,1H3. The van der Waals surface area contributed by atoms with E-state index in [0.29, 0.717) is 24.5 Å². The number of fused-ring (bicyclic) bond motifs is 1. The Hall–Kier alpha value is -2.63. The van der Waals surface area contributed by atoms with Gasteiger partial charge in [-0.25, -0.2) is 0 Å². The number of benzene rings is 3. The van der Waals surface area contributed by atoms with Crippen molar-refractivity contribution in [2.75, 3.05) is 25.0 Å². The fourth-order valence-electron chi connectivity index (χ4n) is 3.52. The summed E-state index contributed by atoms with van der Waals surface area (Å²) in [4.78, 5) is 17.5. The van der Waals surface area contributed by atoms with E-state index in [4.69, 9.17) is 4.74 Å². The first-order chi connectivity index (χ1) is 14.1. The largest absolute Gasteiger partial charge is 0.488 e. The molecule has 1 aliphatic rings. The van der Waals surface area contributed by atoms with E-state index >= 15 is 0 Å². The van der Waals surface area contributed by atoms with E-state index in [9.17, 15) is 4.79 Å². The van der Waals surface area contributed by atoms with Gasteiger partial charge < -0.3 is 14.5 Å². The van der Waals surface area contributed by atoms with Crippen LogP contribution in [0.25, 0.3) is 0 Å². The molecule has 0 atom stereocenters. The molecule has 0 radical (unpaired) electrons. The third-order valence-electron chi connectivity index (χ3n) is 5.09. The van der Waals surface area contributed by atoms with Crippen LogP contribution in [-0.2, 0) is 13.2 Å². The van der Waals surface area contributed by atoms with Crippen molar-refractivity contribution >= 4 is 27.5 Å². The molecule has 1 amide bonds. The molecular formula is C24H23BrN2O2. The average Bonchev–Trinajstić information content (AvgIpc) is 2.91. The van der Waals surface area contributed by atoms with Gasteiger partial charge in [0.15, 0.2) is 0 Å². The lowest BCUT2D eigenvalue weighted by Gasteiger charge is -2.23. The number of amides is 1. The van der Waals surface area contributed by atoms with E-state index in [1.165, 1.54) is 5.56 Å². The second-order valence-corrected chi connectivity index (χ2v) is 8.10. The molecule has 0 spiro atoms. The molecule has 0 saturated carbocycles. The van der Waals surface area contributed by atoms with Gasteiger partial charge in [-0.15, -0.1) is 0 Å². The second-order valence-electron chi connectivity index (χ2n) is 7.24. The van der Waals surface area contributed by atoms with Crippen LogP contribution in [0, 0.1) is 0 Å². The van der Waals surface area contributed by atoms with Gasteiger partial charge in [-0.05, 0) is 58.4 Å². The summed E-state index contributed by atoms with van der Waals surface area (Å²) < 4.78 is 6.82. The van der Waals surface area contributed by atoms with Crippen molar-refractivity contribution in [1.29, 1.82) is 0 Å². The highest BCUT2D eigenvalue weighted by Gasteiger charge is 2.24. The van der Waals surface area contributed by atoms with Crippen LogP contribution in [0.3, 0.4) is 0 Å². The molecule has 148 valence electrons. The highest BCUT2D eigenvalue weighted by atomic mass is 79.9. The van der Waals surface area contributed by atoms with Gasteiger partial charge >= 0.3 is 0 Å². The zero-order valence-electron chi connectivity index (χ0n) is 16.3. The van der Waals surface area contributed by atoms with E-state index < -0.39 is 0 Å². The normalized spacial score (nSPS) is 14.2. The Morgan fingerprint density at radius 1 is 1.00 bits per heavy atom. The Labute approximate surface area is 179 Å². The molecule has 3 aromatic carbocycles. The number of nitrogens with zero attached hydrogens (tertiary/aromatic N) is 2. The van der Waals surface area contributed by atoms with E-state index in [2.05, 4.69) is 33.9 Å². The molecule has 4 nitrogen and oxygen atoms in total. The van der Waals surface area contributed by atoms with E-state index in [1.54, 1.807) is 0 Å². The molecule has 1 heterocycles. The lowest BCUT2D eigenvalue weighted by atomic mass is 10.1. The van der Waals surface area contributed by atoms with Crippen LogP contribution < -0.4 is 9.64 Å². The number of hydrogen-bond donors (Lipinski definition) is 0. The minimum atomic E-state index is -0.00943. The molecule has 1 aliphatic heterocycles. The maximum Gasteiger partial charge on any atom is 0.258 e. The molecular weight excluding hydrogens is 428 g/mol. The minimum Gasteiger partial charge on any atom is -0.488 e. The van der Waals surface area contributed by atoms with Crippen molar-refractivity contribution < 1.29 is 9.53 Å². The smallest absolute Gasteiger partial charge is 0.258 e. The fourth-order valence-corrected chi connectivity index (χ4v) is 3.88. The van der Waals surface area contributed by atoms with Crippen LogP contribution in [0.2, 0.25) is 0 Å². The van der Waals surface area contributed by atoms with Crippen LogP contribution in [0.15, 0.2) is 77.3 Å². The monoisotopic (exact) mass is 450 g/mol. The molecule has 0 fully saturated rings.